The van der Waals surface area contributed by atoms with Crippen LogP contribution in [-0.2, 0) is 16.4 Å². The zero-order chi connectivity index (χ0) is 19.1. The second-order valence-electron chi connectivity index (χ2n) is 6.09. The maximum atomic E-state index is 12.3. The Morgan fingerprint density at radius 1 is 0.778 bits per heavy atom. The quantitative estimate of drug-likeness (QED) is 0.605. The number of hydrogen-bond acceptors (Lipinski definition) is 4. The Hall–Kier alpha value is -2.99. The van der Waals surface area contributed by atoms with Gasteiger partial charge in [0.05, 0.1) is 12.9 Å². The molecule has 27 heavy (non-hydrogen) atoms. The maximum Gasteiger partial charge on any atom is 0.233 e. The molecule has 2 N–H and O–H groups in total. The minimum absolute atomic E-state index is 0.0445. The molecule has 0 amide bonds. The molecule has 6 heteroatoms. The van der Waals surface area contributed by atoms with E-state index in [0.717, 1.165) is 22.7 Å². The number of sulfonamides is 1. The molecule has 0 aliphatic rings. The topological polar surface area (TPSA) is 67.4 Å². The first-order valence-electron chi connectivity index (χ1n) is 8.60. The van der Waals surface area contributed by atoms with Gasteiger partial charge in [-0.1, -0.05) is 30.3 Å². The molecule has 3 rings (SSSR count). The van der Waals surface area contributed by atoms with Gasteiger partial charge in [0.25, 0.3) is 0 Å². The van der Waals surface area contributed by atoms with Crippen molar-refractivity contribution in [2.45, 2.75) is 6.42 Å². The summed E-state index contributed by atoms with van der Waals surface area (Å²) in [5, 5.41) is 3.26. The van der Waals surface area contributed by atoms with Crippen LogP contribution in [0.2, 0.25) is 0 Å². The fourth-order valence-corrected chi connectivity index (χ4v) is 3.69. The number of methoxy groups -OCH3 is 1. The molecule has 3 aromatic rings. The molecule has 0 aliphatic heterocycles. The van der Waals surface area contributed by atoms with Gasteiger partial charge in [-0.05, 0) is 60.5 Å². The van der Waals surface area contributed by atoms with Gasteiger partial charge < -0.3 is 10.1 Å². The number of aryl methyl sites for hydroxylation is 1. The van der Waals surface area contributed by atoms with Crippen LogP contribution in [0.25, 0.3) is 0 Å². The van der Waals surface area contributed by atoms with E-state index in [2.05, 4.69) is 10.0 Å². The average molecular weight is 382 g/mol. The van der Waals surface area contributed by atoms with Crippen molar-refractivity contribution in [3.63, 3.8) is 0 Å². The van der Waals surface area contributed by atoms with Crippen LogP contribution < -0.4 is 14.8 Å². The Labute approximate surface area is 160 Å². The fourth-order valence-electron chi connectivity index (χ4n) is 2.59. The highest BCUT2D eigenvalue weighted by Gasteiger charge is 2.10. The molecule has 3 aromatic carbocycles. The SMILES string of the molecule is COc1ccc(Nc2ccc(NS(=O)(=O)CCc3ccccc3)cc2)cc1. The fraction of sp³-hybridized carbons (Fsp3) is 0.143. The van der Waals surface area contributed by atoms with E-state index in [-0.39, 0.29) is 5.75 Å². The van der Waals surface area contributed by atoms with E-state index in [0.29, 0.717) is 12.1 Å². The number of hydrogen-bond donors (Lipinski definition) is 2. The van der Waals surface area contributed by atoms with Gasteiger partial charge in [0, 0.05) is 17.1 Å². The van der Waals surface area contributed by atoms with Crippen molar-refractivity contribution in [1.29, 1.82) is 0 Å². The minimum atomic E-state index is -3.40. The molecule has 0 aliphatic carbocycles. The summed E-state index contributed by atoms with van der Waals surface area (Å²) in [5.74, 6) is 0.837. The van der Waals surface area contributed by atoms with Crippen LogP contribution in [0, 0.1) is 0 Å². The summed E-state index contributed by atoms with van der Waals surface area (Å²) < 4.78 is 32.3. The van der Waals surface area contributed by atoms with Crippen LogP contribution in [0.1, 0.15) is 5.56 Å². The van der Waals surface area contributed by atoms with E-state index in [4.69, 9.17) is 4.74 Å². The van der Waals surface area contributed by atoms with Gasteiger partial charge in [0.2, 0.25) is 10.0 Å². The summed E-state index contributed by atoms with van der Waals surface area (Å²) in [4.78, 5) is 0. The Kier molecular flexibility index (Phi) is 5.98. The van der Waals surface area contributed by atoms with Gasteiger partial charge >= 0.3 is 0 Å². The number of ether oxygens (including phenoxy) is 1. The second kappa shape index (κ2) is 8.60. The summed E-state index contributed by atoms with van der Waals surface area (Å²) in [6, 6.07) is 24.3. The summed E-state index contributed by atoms with van der Waals surface area (Å²) in [5.41, 5.74) is 3.34. The van der Waals surface area contributed by atoms with Gasteiger partial charge in [-0.2, -0.15) is 0 Å². The van der Waals surface area contributed by atoms with Crippen LogP contribution >= 0.6 is 0 Å². The molecule has 0 bridgehead atoms. The zero-order valence-electron chi connectivity index (χ0n) is 15.1. The summed E-state index contributed by atoms with van der Waals surface area (Å²) in [6.45, 7) is 0. The van der Waals surface area contributed by atoms with Gasteiger partial charge in [0.15, 0.2) is 0 Å². The van der Waals surface area contributed by atoms with Crippen LogP contribution in [0.15, 0.2) is 78.9 Å². The lowest BCUT2D eigenvalue weighted by atomic mass is 10.2. The molecule has 0 saturated carbocycles. The van der Waals surface area contributed by atoms with Crippen molar-refractivity contribution in [3.05, 3.63) is 84.4 Å². The number of rotatable bonds is 8. The number of benzene rings is 3. The first-order valence-corrected chi connectivity index (χ1v) is 10.2. The molecule has 140 valence electrons. The molecular weight excluding hydrogens is 360 g/mol. The van der Waals surface area contributed by atoms with E-state index in [9.17, 15) is 8.42 Å². The van der Waals surface area contributed by atoms with Crippen molar-refractivity contribution in [1.82, 2.24) is 0 Å². The van der Waals surface area contributed by atoms with Crippen molar-refractivity contribution in [3.8, 4) is 5.75 Å². The molecular formula is C21H22N2O3S. The molecule has 0 heterocycles. The Morgan fingerprint density at radius 2 is 1.33 bits per heavy atom. The highest BCUT2D eigenvalue weighted by molar-refractivity contribution is 7.92. The molecule has 5 nitrogen and oxygen atoms in total. The normalized spacial score (nSPS) is 11.0. The van der Waals surface area contributed by atoms with Crippen LogP contribution in [0.4, 0.5) is 17.1 Å². The Bertz CT molecular complexity index is 955. The number of nitrogens with one attached hydrogen (secondary N) is 2. The molecule has 0 radical (unpaired) electrons. The second-order valence-corrected chi connectivity index (χ2v) is 7.93. The maximum absolute atomic E-state index is 12.3. The predicted octanol–water partition coefficient (Wildman–Crippen LogP) is 4.42. The van der Waals surface area contributed by atoms with Crippen molar-refractivity contribution >= 4 is 27.1 Å². The lowest BCUT2D eigenvalue weighted by Gasteiger charge is -2.10. The molecule has 0 saturated heterocycles. The third-order valence-corrected chi connectivity index (χ3v) is 5.33. The summed E-state index contributed by atoms with van der Waals surface area (Å²) in [6.07, 6.45) is 0.479. The molecule has 0 unspecified atom stereocenters. The largest absolute Gasteiger partial charge is 0.497 e. The molecule has 0 atom stereocenters. The van der Waals surface area contributed by atoms with Crippen molar-refractivity contribution < 1.29 is 13.2 Å². The molecule has 0 aromatic heterocycles. The lowest BCUT2D eigenvalue weighted by molar-refractivity contribution is 0.415. The van der Waals surface area contributed by atoms with E-state index < -0.39 is 10.0 Å². The number of anilines is 3. The predicted molar refractivity (Wildman–Crippen MR) is 110 cm³/mol. The van der Waals surface area contributed by atoms with Gasteiger partial charge in [-0.25, -0.2) is 8.42 Å². The minimum Gasteiger partial charge on any atom is -0.497 e. The van der Waals surface area contributed by atoms with E-state index in [1.165, 1.54) is 0 Å². The van der Waals surface area contributed by atoms with Crippen LogP contribution in [0.3, 0.4) is 0 Å². The first-order chi connectivity index (χ1) is 13.0. The van der Waals surface area contributed by atoms with Gasteiger partial charge in [0.1, 0.15) is 5.75 Å². The lowest BCUT2D eigenvalue weighted by Crippen LogP contribution is -2.18. The third kappa shape index (κ3) is 5.76. The van der Waals surface area contributed by atoms with Gasteiger partial charge in [-0.15, -0.1) is 0 Å². The van der Waals surface area contributed by atoms with Crippen LogP contribution in [0.5, 0.6) is 5.75 Å². The molecule has 0 fully saturated rings. The van der Waals surface area contributed by atoms with Gasteiger partial charge in [-0.3, -0.25) is 4.72 Å². The average Bonchev–Trinajstić information content (AvgIpc) is 2.69. The molecule has 0 spiro atoms. The first kappa shape index (κ1) is 18.8. The third-order valence-electron chi connectivity index (χ3n) is 4.04. The monoisotopic (exact) mass is 382 g/mol. The summed E-state index contributed by atoms with van der Waals surface area (Å²) >= 11 is 0. The Morgan fingerprint density at radius 3 is 1.93 bits per heavy atom. The van der Waals surface area contributed by atoms with Crippen molar-refractivity contribution in [2.75, 3.05) is 22.9 Å². The van der Waals surface area contributed by atoms with E-state index >= 15 is 0 Å². The van der Waals surface area contributed by atoms with E-state index in [1.807, 2.05) is 66.7 Å². The highest BCUT2D eigenvalue weighted by atomic mass is 32.2. The standard InChI is InChI=1S/C21H22N2O3S/c1-26-21-13-11-19(12-14-21)22-18-7-9-20(10-8-18)23-27(24,25)16-15-17-5-3-2-4-6-17/h2-14,22-23H,15-16H2,1H3. The van der Waals surface area contributed by atoms with Crippen molar-refractivity contribution in [2.24, 2.45) is 0 Å². The smallest absolute Gasteiger partial charge is 0.233 e. The summed E-state index contributed by atoms with van der Waals surface area (Å²) in [7, 11) is -1.77. The zero-order valence-corrected chi connectivity index (χ0v) is 15.9. The Balaban J connectivity index is 1.57. The van der Waals surface area contributed by atoms with Crippen LogP contribution in [-0.4, -0.2) is 21.3 Å². The van der Waals surface area contributed by atoms with E-state index in [1.54, 1.807) is 19.2 Å². The highest BCUT2D eigenvalue weighted by Crippen LogP contribution is 2.21.